The van der Waals surface area contributed by atoms with E-state index in [4.69, 9.17) is 4.74 Å². The van der Waals surface area contributed by atoms with Crippen LogP contribution in [0.2, 0.25) is 0 Å². The molecule has 0 unspecified atom stereocenters. The van der Waals surface area contributed by atoms with Gasteiger partial charge in [0.25, 0.3) is 0 Å². The van der Waals surface area contributed by atoms with Gasteiger partial charge in [-0.2, -0.15) is 0 Å². The molecule has 0 amide bonds. The van der Waals surface area contributed by atoms with Gasteiger partial charge in [-0.25, -0.2) is 0 Å². The van der Waals surface area contributed by atoms with Crippen LogP contribution in [0.4, 0.5) is 0 Å². The normalized spacial score (nSPS) is 20.6. The molecule has 1 heterocycles. The molecule has 4 nitrogen and oxygen atoms in total. The summed E-state index contributed by atoms with van der Waals surface area (Å²) in [7, 11) is 0. The minimum Gasteiger partial charge on any atom is -0.504 e. The van der Waals surface area contributed by atoms with Crippen LogP contribution in [0.5, 0.6) is 11.5 Å². The Morgan fingerprint density at radius 3 is 2.67 bits per heavy atom. The molecule has 0 bridgehead atoms. The van der Waals surface area contributed by atoms with Crippen molar-refractivity contribution in [1.29, 1.82) is 0 Å². The van der Waals surface area contributed by atoms with Gasteiger partial charge in [-0.15, -0.1) is 0 Å². The molecule has 1 aliphatic heterocycles. The number of aromatic hydroxyl groups is 1. The second-order valence-electron chi connectivity index (χ2n) is 6.16. The van der Waals surface area contributed by atoms with Crippen molar-refractivity contribution in [2.75, 3.05) is 19.7 Å². The highest BCUT2D eigenvalue weighted by atomic mass is 16.5. The molecule has 1 saturated heterocycles. The van der Waals surface area contributed by atoms with E-state index in [1.54, 1.807) is 6.07 Å². The number of hydrogen-bond donors (Lipinski definition) is 2. The van der Waals surface area contributed by atoms with Gasteiger partial charge in [-0.1, -0.05) is 6.07 Å². The maximum Gasteiger partial charge on any atom is 0.161 e. The summed E-state index contributed by atoms with van der Waals surface area (Å²) in [4.78, 5) is 2.64. The highest BCUT2D eigenvalue weighted by molar-refractivity contribution is 5.41. The first-order chi connectivity index (χ1) is 10.3. The van der Waals surface area contributed by atoms with E-state index in [9.17, 15) is 5.11 Å². The summed E-state index contributed by atoms with van der Waals surface area (Å²) in [6.07, 6.45) is 5.30. The molecular formula is C17H26N2O2. The van der Waals surface area contributed by atoms with Gasteiger partial charge in [0.2, 0.25) is 0 Å². The third-order valence-electron chi connectivity index (χ3n) is 4.51. The zero-order valence-corrected chi connectivity index (χ0v) is 12.8. The molecule has 2 N–H and O–H groups in total. The van der Waals surface area contributed by atoms with Gasteiger partial charge < -0.3 is 20.1 Å². The minimum atomic E-state index is 0.221. The third-order valence-corrected chi connectivity index (χ3v) is 4.51. The van der Waals surface area contributed by atoms with Gasteiger partial charge in [-0.05, 0) is 63.4 Å². The molecule has 2 fully saturated rings. The summed E-state index contributed by atoms with van der Waals surface area (Å²) >= 11 is 0. The molecule has 0 atom stereocenters. The van der Waals surface area contributed by atoms with Crippen molar-refractivity contribution >= 4 is 0 Å². The molecule has 1 saturated carbocycles. The Bertz CT molecular complexity index is 466. The van der Waals surface area contributed by atoms with Crippen LogP contribution < -0.4 is 10.1 Å². The SMILES string of the molecule is CCOc1cc(CNC2CCN(C3CC3)CC2)ccc1O. The summed E-state index contributed by atoms with van der Waals surface area (Å²) in [6, 6.07) is 7.13. The molecule has 0 spiro atoms. The van der Waals surface area contributed by atoms with Crippen molar-refractivity contribution in [2.24, 2.45) is 0 Å². The molecule has 21 heavy (non-hydrogen) atoms. The Labute approximate surface area is 127 Å². The van der Waals surface area contributed by atoms with Gasteiger partial charge >= 0.3 is 0 Å². The number of nitrogens with one attached hydrogen (secondary N) is 1. The fourth-order valence-corrected chi connectivity index (χ4v) is 3.11. The van der Waals surface area contributed by atoms with E-state index in [0.29, 0.717) is 18.4 Å². The lowest BCUT2D eigenvalue weighted by Crippen LogP contribution is -2.43. The standard InChI is InChI=1S/C17H26N2O2/c1-2-21-17-11-13(3-6-16(17)20)12-18-14-7-9-19(10-8-14)15-4-5-15/h3,6,11,14-15,18,20H,2,4-5,7-10,12H2,1H3. The van der Waals surface area contributed by atoms with Crippen LogP contribution in [0.25, 0.3) is 0 Å². The lowest BCUT2D eigenvalue weighted by molar-refractivity contribution is 0.189. The molecule has 0 radical (unpaired) electrons. The fourth-order valence-electron chi connectivity index (χ4n) is 3.11. The Balaban J connectivity index is 1.47. The molecule has 2 aliphatic rings. The number of phenolic OH excluding ortho intramolecular Hbond substituents is 1. The van der Waals surface area contributed by atoms with Crippen LogP contribution in [0.15, 0.2) is 18.2 Å². The zero-order valence-electron chi connectivity index (χ0n) is 12.8. The first-order valence-corrected chi connectivity index (χ1v) is 8.18. The van der Waals surface area contributed by atoms with Crippen LogP contribution in [-0.2, 0) is 6.54 Å². The first kappa shape index (κ1) is 14.7. The van der Waals surface area contributed by atoms with E-state index in [1.165, 1.54) is 44.3 Å². The predicted octanol–water partition coefficient (Wildman–Crippen LogP) is 2.51. The van der Waals surface area contributed by atoms with Gasteiger partial charge in [0.05, 0.1) is 6.61 Å². The van der Waals surface area contributed by atoms with Crippen molar-refractivity contribution in [3.63, 3.8) is 0 Å². The molecule has 1 aromatic rings. The van der Waals surface area contributed by atoms with Crippen LogP contribution in [0.3, 0.4) is 0 Å². The molecule has 116 valence electrons. The minimum absolute atomic E-state index is 0.221. The number of phenols is 1. The van der Waals surface area contributed by atoms with E-state index in [-0.39, 0.29) is 5.75 Å². The molecule has 3 rings (SSSR count). The van der Waals surface area contributed by atoms with Gasteiger partial charge in [0.15, 0.2) is 11.5 Å². The second-order valence-corrected chi connectivity index (χ2v) is 6.16. The first-order valence-electron chi connectivity index (χ1n) is 8.18. The number of hydrogen-bond acceptors (Lipinski definition) is 4. The maximum absolute atomic E-state index is 9.72. The molecule has 0 aromatic heterocycles. The van der Waals surface area contributed by atoms with E-state index in [0.717, 1.165) is 12.6 Å². The van der Waals surface area contributed by atoms with E-state index < -0.39 is 0 Å². The number of piperidine rings is 1. The third kappa shape index (κ3) is 3.89. The Morgan fingerprint density at radius 2 is 2.00 bits per heavy atom. The monoisotopic (exact) mass is 290 g/mol. The zero-order chi connectivity index (χ0) is 14.7. The van der Waals surface area contributed by atoms with Crippen LogP contribution >= 0.6 is 0 Å². The number of ether oxygens (including phenoxy) is 1. The quantitative estimate of drug-likeness (QED) is 0.845. The largest absolute Gasteiger partial charge is 0.504 e. The highest BCUT2D eigenvalue weighted by Gasteiger charge is 2.31. The summed E-state index contributed by atoms with van der Waals surface area (Å²) in [6.45, 7) is 5.82. The topological polar surface area (TPSA) is 44.7 Å². The van der Waals surface area contributed by atoms with Crippen molar-refractivity contribution < 1.29 is 9.84 Å². The van der Waals surface area contributed by atoms with Crippen molar-refractivity contribution in [3.8, 4) is 11.5 Å². The maximum atomic E-state index is 9.72. The summed E-state index contributed by atoms with van der Waals surface area (Å²) < 4.78 is 5.43. The molecule has 4 heteroatoms. The van der Waals surface area contributed by atoms with Crippen molar-refractivity contribution in [3.05, 3.63) is 23.8 Å². The smallest absolute Gasteiger partial charge is 0.161 e. The Morgan fingerprint density at radius 1 is 1.24 bits per heavy atom. The van der Waals surface area contributed by atoms with Crippen LogP contribution in [0, 0.1) is 0 Å². The van der Waals surface area contributed by atoms with Gasteiger partial charge in [-0.3, -0.25) is 0 Å². The van der Waals surface area contributed by atoms with E-state index >= 15 is 0 Å². The van der Waals surface area contributed by atoms with Gasteiger partial charge in [0.1, 0.15) is 0 Å². The summed E-state index contributed by atoms with van der Waals surface area (Å²) in [5.41, 5.74) is 1.17. The number of benzene rings is 1. The number of nitrogens with zero attached hydrogens (tertiary/aromatic N) is 1. The average molecular weight is 290 g/mol. The second kappa shape index (κ2) is 6.67. The van der Waals surface area contributed by atoms with E-state index in [2.05, 4.69) is 10.2 Å². The Kier molecular flexibility index (Phi) is 4.66. The summed E-state index contributed by atoms with van der Waals surface area (Å²) in [5, 5.41) is 13.4. The van der Waals surface area contributed by atoms with Crippen LogP contribution in [-0.4, -0.2) is 41.8 Å². The van der Waals surface area contributed by atoms with Crippen molar-refractivity contribution in [1.82, 2.24) is 10.2 Å². The van der Waals surface area contributed by atoms with Gasteiger partial charge in [0, 0.05) is 18.6 Å². The van der Waals surface area contributed by atoms with Crippen molar-refractivity contribution in [2.45, 2.75) is 51.2 Å². The fraction of sp³-hybridized carbons (Fsp3) is 0.647. The lowest BCUT2D eigenvalue weighted by atomic mass is 10.0. The lowest BCUT2D eigenvalue weighted by Gasteiger charge is -2.32. The highest BCUT2D eigenvalue weighted by Crippen LogP contribution is 2.29. The average Bonchev–Trinajstić information content (AvgIpc) is 3.34. The molecular weight excluding hydrogens is 264 g/mol. The van der Waals surface area contributed by atoms with Crippen LogP contribution in [0.1, 0.15) is 38.2 Å². The number of rotatable bonds is 6. The molecule has 1 aliphatic carbocycles. The Hall–Kier alpha value is -1.26. The molecule has 1 aromatic carbocycles. The number of likely N-dealkylation sites (tertiary alicyclic amines) is 1. The predicted molar refractivity (Wildman–Crippen MR) is 83.7 cm³/mol. The van der Waals surface area contributed by atoms with E-state index in [1.807, 2.05) is 19.1 Å². The summed E-state index contributed by atoms with van der Waals surface area (Å²) in [5.74, 6) is 0.804.